The van der Waals surface area contributed by atoms with Crippen molar-refractivity contribution in [2.24, 2.45) is 11.8 Å². The molecule has 4 rings (SSSR count). The normalized spacial score (nSPS) is 25.0. The van der Waals surface area contributed by atoms with E-state index in [4.69, 9.17) is 5.11 Å². The molecule has 4 nitrogen and oxygen atoms in total. The number of aromatic carboxylic acids is 1. The van der Waals surface area contributed by atoms with Gasteiger partial charge in [-0.3, -0.25) is 4.79 Å². The minimum Gasteiger partial charge on any atom is -0.478 e. The van der Waals surface area contributed by atoms with E-state index >= 15 is 0 Å². The van der Waals surface area contributed by atoms with Crippen molar-refractivity contribution in [2.45, 2.75) is 12.3 Å². The Balaban J connectivity index is 1.47. The molecule has 106 valence electrons. The van der Waals surface area contributed by atoms with Crippen molar-refractivity contribution < 1.29 is 14.7 Å². The third-order valence-corrected chi connectivity index (χ3v) is 5.28. The molecule has 21 heavy (non-hydrogen) atoms. The first-order valence-corrected chi connectivity index (χ1v) is 7.73. The molecule has 2 aliphatic carbocycles. The second-order valence-corrected chi connectivity index (χ2v) is 6.52. The van der Waals surface area contributed by atoms with Crippen LogP contribution in [0.5, 0.6) is 0 Å². The van der Waals surface area contributed by atoms with E-state index in [1.165, 1.54) is 28.5 Å². The summed E-state index contributed by atoms with van der Waals surface area (Å²) in [4.78, 5) is 23.2. The van der Waals surface area contributed by atoms with Gasteiger partial charge >= 0.3 is 5.97 Å². The molecule has 2 aromatic rings. The number of carbonyl (C=O) groups excluding carboxylic acids is 1. The fourth-order valence-electron chi connectivity index (χ4n) is 3.43. The Labute approximate surface area is 125 Å². The highest BCUT2D eigenvalue weighted by Gasteiger charge is 2.59. The lowest BCUT2D eigenvalue weighted by atomic mass is 10.0. The Hall–Kier alpha value is -2.14. The van der Waals surface area contributed by atoms with E-state index in [-0.39, 0.29) is 17.4 Å². The Morgan fingerprint density at radius 3 is 2.86 bits per heavy atom. The molecule has 2 aliphatic rings. The molecule has 1 amide bonds. The van der Waals surface area contributed by atoms with Crippen molar-refractivity contribution in [1.82, 2.24) is 0 Å². The van der Waals surface area contributed by atoms with Gasteiger partial charge in [-0.15, -0.1) is 11.3 Å². The van der Waals surface area contributed by atoms with Crippen molar-refractivity contribution in [3.05, 3.63) is 52.4 Å². The maximum atomic E-state index is 12.3. The van der Waals surface area contributed by atoms with Crippen molar-refractivity contribution in [2.75, 3.05) is 5.32 Å². The monoisotopic (exact) mass is 299 g/mol. The van der Waals surface area contributed by atoms with Gasteiger partial charge in [0.2, 0.25) is 5.91 Å². The number of thiophene rings is 1. The molecular weight excluding hydrogens is 286 g/mol. The molecule has 3 unspecified atom stereocenters. The van der Waals surface area contributed by atoms with Crippen molar-refractivity contribution in [1.29, 1.82) is 0 Å². The molecule has 3 atom stereocenters. The average molecular weight is 299 g/mol. The molecule has 0 saturated heterocycles. The zero-order chi connectivity index (χ0) is 14.6. The Kier molecular flexibility index (Phi) is 2.65. The van der Waals surface area contributed by atoms with Gasteiger partial charge in [0.1, 0.15) is 0 Å². The lowest BCUT2D eigenvalue weighted by molar-refractivity contribution is -0.117. The van der Waals surface area contributed by atoms with Crippen LogP contribution < -0.4 is 5.32 Å². The number of carboxylic acids is 1. The molecule has 0 aliphatic heterocycles. The first kappa shape index (κ1) is 12.6. The van der Waals surface area contributed by atoms with Crippen LogP contribution in [0.15, 0.2) is 35.7 Å². The number of amides is 1. The largest absolute Gasteiger partial charge is 0.478 e. The van der Waals surface area contributed by atoms with E-state index in [0.29, 0.717) is 16.8 Å². The molecule has 1 aromatic carbocycles. The molecule has 5 heteroatoms. The summed E-state index contributed by atoms with van der Waals surface area (Å²) in [6, 6.07) is 9.82. The van der Waals surface area contributed by atoms with Gasteiger partial charge in [-0.05, 0) is 35.4 Å². The summed E-state index contributed by atoms with van der Waals surface area (Å²) in [7, 11) is 0. The number of nitrogens with one attached hydrogen (secondary N) is 1. The Morgan fingerprint density at radius 1 is 1.29 bits per heavy atom. The zero-order valence-electron chi connectivity index (χ0n) is 11.1. The van der Waals surface area contributed by atoms with Crippen LogP contribution >= 0.6 is 11.3 Å². The third kappa shape index (κ3) is 1.96. The van der Waals surface area contributed by atoms with Crippen molar-refractivity contribution in [3.63, 3.8) is 0 Å². The smallest absolute Gasteiger partial charge is 0.336 e. The molecule has 0 bridgehead atoms. The number of hydrogen-bond acceptors (Lipinski definition) is 3. The van der Waals surface area contributed by atoms with E-state index < -0.39 is 5.97 Å². The molecule has 0 radical (unpaired) electrons. The van der Waals surface area contributed by atoms with Gasteiger partial charge in [-0.2, -0.15) is 0 Å². The van der Waals surface area contributed by atoms with Crippen molar-refractivity contribution >= 4 is 28.2 Å². The lowest BCUT2D eigenvalue weighted by Crippen LogP contribution is -2.16. The van der Waals surface area contributed by atoms with E-state index in [1.54, 1.807) is 5.38 Å². The number of hydrogen-bond donors (Lipinski definition) is 2. The van der Waals surface area contributed by atoms with E-state index in [0.717, 1.165) is 6.42 Å². The summed E-state index contributed by atoms with van der Waals surface area (Å²) in [6.07, 6.45) is 0.976. The SMILES string of the molecule is O=C(O)c1csc(NC(=O)C2C3Cc4ccccc4C32)c1. The predicted octanol–water partition coefficient (Wildman–Crippen LogP) is 2.97. The summed E-state index contributed by atoms with van der Waals surface area (Å²) >= 11 is 1.25. The van der Waals surface area contributed by atoms with Gasteiger partial charge in [0.05, 0.1) is 10.6 Å². The van der Waals surface area contributed by atoms with Crippen LogP contribution in [0.2, 0.25) is 0 Å². The summed E-state index contributed by atoms with van der Waals surface area (Å²) in [5.74, 6) is -0.154. The van der Waals surface area contributed by atoms with E-state index in [9.17, 15) is 9.59 Å². The van der Waals surface area contributed by atoms with Crippen LogP contribution in [0.4, 0.5) is 5.00 Å². The third-order valence-electron chi connectivity index (χ3n) is 4.43. The van der Waals surface area contributed by atoms with E-state index in [2.05, 4.69) is 17.4 Å². The number of carboxylic acid groups (broad SMARTS) is 1. The fourth-order valence-corrected chi connectivity index (χ4v) is 4.20. The second-order valence-electron chi connectivity index (χ2n) is 5.61. The second kappa shape index (κ2) is 4.43. The maximum absolute atomic E-state index is 12.3. The van der Waals surface area contributed by atoms with Crippen LogP contribution in [0.25, 0.3) is 0 Å². The number of fused-ring (bicyclic) bond motifs is 3. The Bertz CT molecular complexity index is 751. The summed E-state index contributed by atoms with van der Waals surface area (Å²) in [6.45, 7) is 0. The maximum Gasteiger partial charge on any atom is 0.336 e. The number of anilines is 1. The number of carbonyl (C=O) groups is 2. The van der Waals surface area contributed by atoms with Gasteiger partial charge in [0.15, 0.2) is 0 Å². The Morgan fingerprint density at radius 2 is 2.10 bits per heavy atom. The topological polar surface area (TPSA) is 66.4 Å². The lowest BCUT2D eigenvalue weighted by Gasteiger charge is -2.07. The van der Waals surface area contributed by atoms with Crippen LogP contribution in [-0.2, 0) is 11.2 Å². The highest BCUT2D eigenvalue weighted by molar-refractivity contribution is 7.14. The highest BCUT2D eigenvalue weighted by Crippen LogP contribution is 2.61. The predicted molar refractivity (Wildman–Crippen MR) is 79.8 cm³/mol. The van der Waals surface area contributed by atoms with Crippen LogP contribution in [-0.4, -0.2) is 17.0 Å². The molecule has 1 aromatic heterocycles. The highest BCUT2D eigenvalue weighted by atomic mass is 32.1. The average Bonchev–Trinajstić information content (AvgIpc) is 2.84. The first-order valence-electron chi connectivity index (χ1n) is 6.85. The first-order chi connectivity index (χ1) is 10.1. The minimum absolute atomic E-state index is 0.0123. The quantitative estimate of drug-likeness (QED) is 0.915. The van der Waals surface area contributed by atoms with Gasteiger partial charge in [-0.1, -0.05) is 24.3 Å². The zero-order valence-corrected chi connectivity index (χ0v) is 11.9. The summed E-state index contributed by atoms with van der Waals surface area (Å²) in [5.41, 5.74) is 2.89. The number of rotatable bonds is 3. The minimum atomic E-state index is -0.969. The van der Waals surface area contributed by atoms with Gasteiger partial charge < -0.3 is 10.4 Å². The molecule has 1 fully saturated rings. The van der Waals surface area contributed by atoms with Crippen LogP contribution in [0, 0.1) is 11.8 Å². The van der Waals surface area contributed by atoms with Crippen LogP contribution in [0.3, 0.4) is 0 Å². The molecule has 1 heterocycles. The fraction of sp³-hybridized carbons (Fsp3) is 0.250. The van der Waals surface area contributed by atoms with Gasteiger partial charge in [0.25, 0.3) is 0 Å². The summed E-state index contributed by atoms with van der Waals surface area (Å²) in [5, 5.41) is 13.9. The van der Waals surface area contributed by atoms with E-state index in [1.807, 2.05) is 12.1 Å². The standard InChI is InChI=1S/C16H13NO3S/c18-15(17-12-6-9(7-21-12)16(19)20)14-11-5-8-3-1-2-4-10(8)13(11)14/h1-4,6-7,11,13-14H,5H2,(H,17,18)(H,19,20). The molecule has 1 saturated carbocycles. The number of benzene rings is 1. The molecule has 2 N–H and O–H groups in total. The summed E-state index contributed by atoms with van der Waals surface area (Å²) < 4.78 is 0. The van der Waals surface area contributed by atoms with Crippen molar-refractivity contribution in [3.8, 4) is 0 Å². The van der Waals surface area contributed by atoms with Crippen LogP contribution in [0.1, 0.15) is 27.4 Å². The molecular formula is C16H13NO3S. The van der Waals surface area contributed by atoms with Gasteiger partial charge in [-0.25, -0.2) is 4.79 Å². The molecule has 0 spiro atoms. The van der Waals surface area contributed by atoms with Gasteiger partial charge in [0, 0.05) is 11.3 Å².